The molecular formula is C11H16N2O2. The lowest BCUT2D eigenvalue weighted by Crippen LogP contribution is -2.30. The van der Waals surface area contributed by atoms with Gasteiger partial charge in [-0.05, 0) is 17.7 Å². The Bertz CT molecular complexity index is 339. The Labute approximate surface area is 89.3 Å². The Morgan fingerprint density at radius 3 is 2.87 bits per heavy atom. The topological polar surface area (TPSA) is 66.6 Å². The molecule has 0 heterocycles. The summed E-state index contributed by atoms with van der Waals surface area (Å²) >= 11 is 0. The van der Waals surface area contributed by atoms with Gasteiger partial charge in [-0.3, -0.25) is 4.79 Å². The molecule has 82 valence electrons. The largest absolute Gasteiger partial charge is 0.399 e. The van der Waals surface area contributed by atoms with E-state index in [4.69, 9.17) is 10.8 Å². The molecule has 0 fully saturated rings. The molecule has 1 amide bonds. The fraction of sp³-hybridized carbons (Fsp3) is 0.364. The molecule has 0 aliphatic rings. The number of aliphatic hydroxyl groups is 1. The number of carbonyl (C=O) groups excluding carboxylic acids is 1. The van der Waals surface area contributed by atoms with Crippen molar-refractivity contribution in [3.8, 4) is 0 Å². The molecule has 0 atom stereocenters. The van der Waals surface area contributed by atoms with Crippen LogP contribution in [0.2, 0.25) is 0 Å². The summed E-state index contributed by atoms with van der Waals surface area (Å²) in [5.74, 6) is -0.0188. The van der Waals surface area contributed by atoms with Gasteiger partial charge in [-0.15, -0.1) is 0 Å². The minimum atomic E-state index is -0.0188. The van der Waals surface area contributed by atoms with E-state index < -0.39 is 0 Å². The number of rotatable bonds is 4. The Balaban J connectivity index is 2.58. The van der Waals surface area contributed by atoms with E-state index >= 15 is 0 Å². The molecule has 4 nitrogen and oxygen atoms in total. The smallest absolute Gasteiger partial charge is 0.226 e. The first-order valence-electron chi connectivity index (χ1n) is 4.82. The number of hydrogen-bond donors (Lipinski definition) is 2. The summed E-state index contributed by atoms with van der Waals surface area (Å²) in [5.41, 5.74) is 7.16. The number of anilines is 1. The van der Waals surface area contributed by atoms with Gasteiger partial charge in [0.2, 0.25) is 5.91 Å². The van der Waals surface area contributed by atoms with E-state index in [1.54, 1.807) is 19.2 Å². The van der Waals surface area contributed by atoms with Gasteiger partial charge in [0.15, 0.2) is 0 Å². The van der Waals surface area contributed by atoms with Crippen molar-refractivity contribution >= 4 is 11.6 Å². The van der Waals surface area contributed by atoms with Crippen LogP contribution in [-0.2, 0) is 11.2 Å². The highest BCUT2D eigenvalue weighted by atomic mass is 16.3. The average Bonchev–Trinajstić information content (AvgIpc) is 2.18. The summed E-state index contributed by atoms with van der Waals surface area (Å²) in [7, 11) is 1.67. The molecule has 0 unspecified atom stereocenters. The van der Waals surface area contributed by atoms with Gasteiger partial charge in [0.05, 0.1) is 13.0 Å². The maximum absolute atomic E-state index is 11.6. The van der Waals surface area contributed by atoms with Crippen molar-refractivity contribution in [3.63, 3.8) is 0 Å². The molecule has 1 aromatic rings. The van der Waals surface area contributed by atoms with E-state index in [-0.39, 0.29) is 12.5 Å². The zero-order chi connectivity index (χ0) is 11.3. The van der Waals surface area contributed by atoms with Gasteiger partial charge in [-0.2, -0.15) is 0 Å². The van der Waals surface area contributed by atoms with E-state index in [1.807, 2.05) is 12.1 Å². The first-order chi connectivity index (χ1) is 7.13. The van der Waals surface area contributed by atoms with Crippen LogP contribution in [0.15, 0.2) is 24.3 Å². The molecule has 4 heteroatoms. The number of carbonyl (C=O) groups is 1. The molecule has 0 bridgehead atoms. The van der Waals surface area contributed by atoms with Crippen LogP contribution in [0, 0.1) is 0 Å². The molecule has 0 spiro atoms. The Hall–Kier alpha value is -1.55. The van der Waals surface area contributed by atoms with Crippen LogP contribution in [0.5, 0.6) is 0 Å². The summed E-state index contributed by atoms with van der Waals surface area (Å²) < 4.78 is 0. The molecule has 1 aromatic carbocycles. The summed E-state index contributed by atoms with van der Waals surface area (Å²) in [6.07, 6.45) is 0.321. The van der Waals surface area contributed by atoms with E-state index in [9.17, 15) is 4.79 Å². The quantitative estimate of drug-likeness (QED) is 0.698. The van der Waals surface area contributed by atoms with Crippen molar-refractivity contribution in [2.24, 2.45) is 0 Å². The second-order valence-corrected chi connectivity index (χ2v) is 3.46. The van der Waals surface area contributed by atoms with Crippen LogP contribution in [0.4, 0.5) is 5.69 Å². The average molecular weight is 208 g/mol. The van der Waals surface area contributed by atoms with Crippen molar-refractivity contribution < 1.29 is 9.90 Å². The summed E-state index contributed by atoms with van der Waals surface area (Å²) in [4.78, 5) is 13.1. The maximum Gasteiger partial charge on any atom is 0.226 e. The van der Waals surface area contributed by atoms with Gasteiger partial charge in [0.1, 0.15) is 0 Å². The van der Waals surface area contributed by atoms with E-state index in [2.05, 4.69) is 0 Å². The van der Waals surface area contributed by atoms with E-state index in [0.29, 0.717) is 18.7 Å². The van der Waals surface area contributed by atoms with Crippen LogP contribution in [0.1, 0.15) is 5.56 Å². The van der Waals surface area contributed by atoms with Crippen LogP contribution in [0.3, 0.4) is 0 Å². The molecule has 0 saturated heterocycles. The maximum atomic E-state index is 11.6. The number of aliphatic hydroxyl groups excluding tert-OH is 1. The van der Waals surface area contributed by atoms with Crippen molar-refractivity contribution in [1.29, 1.82) is 0 Å². The summed E-state index contributed by atoms with van der Waals surface area (Å²) in [6, 6.07) is 7.25. The molecular weight excluding hydrogens is 192 g/mol. The molecule has 1 rings (SSSR count). The highest BCUT2D eigenvalue weighted by Gasteiger charge is 2.08. The predicted molar refractivity (Wildman–Crippen MR) is 59.3 cm³/mol. The third-order valence-electron chi connectivity index (χ3n) is 2.17. The number of likely N-dealkylation sites (N-methyl/N-ethyl adjacent to an activating group) is 1. The van der Waals surface area contributed by atoms with Gasteiger partial charge < -0.3 is 15.7 Å². The van der Waals surface area contributed by atoms with Crippen LogP contribution in [0.25, 0.3) is 0 Å². The number of nitrogens with two attached hydrogens (primary N) is 1. The van der Waals surface area contributed by atoms with Crippen molar-refractivity contribution in [1.82, 2.24) is 4.90 Å². The molecule has 0 aliphatic heterocycles. The van der Waals surface area contributed by atoms with E-state index in [0.717, 1.165) is 5.56 Å². The lowest BCUT2D eigenvalue weighted by atomic mass is 10.1. The fourth-order valence-electron chi connectivity index (χ4n) is 1.29. The number of nitrogen functional groups attached to an aromatic ring is 1. The minimum Gasteiger partial charge on any atom is -0.399 e. The molecule has 15 heavy (non-hydrogen) atoms. The van der Waals surface area contributed by atoms with Gasteiger partial charge in [0.25, 0.3) is 0 Å². The monoisotopic (exact) mass is 208 g/mol. The normalized spacial score (nSPS) is 10.0. The third kappa shape index (κ3) is 3.59. The first-order valence-corrected chi connectivity index (χ1v) is 4.82. The molecule has 0 aliphatic carbocycles. The van der Waals surface area contributed by atoms with Crippen LogP contribution in [-0.4, -0.2) is 36.1 Å². The highest BCUT2D eigenvalue weighted by molar-refractivity contribution is 5.78. The van der Waals surface area contributed by atoms with Crippen LogP contribution >= 0.6 is 0 Å². The Morgan fingerprint density at radius 1 is 1.53 bits per heavy atom. The summed E-state index contributed by atoms with van der Waals surface area (Å²) in [6.45, 7) is 0.348. The van der Waals surface area contributed by atoms with Crippen molar-refractivity contribution in [2.75, 3.05) is 25.9 Å². The molecule has 0 aromatic heterocycles. The predicted octanol–water partition coefficient (Wildman–Crippen LogP) is 0.262. The first kappa shape index (κ1) is 11.5. The fourth-order valence-corrected chi connectivity index (χ4v) is 1.29. The number of hydrogen-bond acceptors (Lipinski definition) is 3. The summed E-state index contributed by atoms with van der Waals surface area (Å²) in [5, 5.41) is 8.68. The van der Waals surface area contributed by atoms with Crippen LogP contribution < -0.4 is 5.73 Å². The van der Waals surface area contributed by atoms with Gasteiger partial charge in [0, 0.05) is 19.3 Å². The van der Waals surface area contributed by atoms with Crippen molar-refractivity contribution in [2.45, 2.75) is 6.42 Å². The third-order valence-corrected chi connectivity index (χ3v) is 2.17. The standard InChI is InChI=1S/C11H16N2O2/c1-13(5-6-14)11(15)8-9-3-2-4-10(12)7-9/h2-4,7,14H,5-6,8,12H2,1H3. The lowest BCUT2D eigenvalue weighted by molar-refractivity contribution is -0.129. The van der Waals surface area contributed by atoms with Crippen molar-refractivity contribution in [3.05, 3.63) is 29.8 Å². The molecule has 3 N–H and O–H groups in total. The Kier molecular flexibility index (Phi) is 4.12. The number of nitrogens with zero attached hydrogens (tertiary/aromatic N) is 1. The second-order valence-electron chi connectivity index (χ2n) is 3.46. The molecule has 0 radical (unpaired) electrons. The lowest BCUT2D eigenvalue weighted by Gasteiger charge is -2.15. The Morgan fingerprint density at radius 2 is 2.27 bits per heavy atom. The van der Waals surface area contributed by atoms with E-state index in [1.165, 1.54) is 4.90 Å². The van der Waals surface area contributed by atoms with Gasteiger partial charge >= 0.3 is 0 Å². The van der Waals surface area contributed by atoms with Gasteiger partial charge in [-0.1, -0.05) is 12.1 Å². The SMILES string of the molecule is CN(CCO)C(=O)Cc1cccc(N)c1. The minimum absolute atomic E-state index is 0.0147. The number of benzene rings is 1. The van der Waals surface area contributed by atoms with Gasteiger partial charge in [-0.25, -0.2) is 0 Å². The zero-order valence-corrected chi connectivity index (χ0v) is 8.81. The number of amides is 1. The molecule has 0 saturated carbocycles. The zero-order valence-electron chi connectivity index (χ0n) is 8.81. The second kappa shape index (κ2) is 5.36. The highest BCUT2D eigenvalue weighted by Crippen LogP contribution is 2.08.